The molecule has 4 nitrogen and oxygen atoms in total. The van der Waals surface area contributed by atoms with Gasteiger partial charge >= 0.3 is 0 Å². The summed E-state index contributed by atoms with van der Waals surface area (Å²) >= 11 is 1.91. The molecule has 0 amide bonds. The molecule has 0 spiro atoms. The van der Waals surface area contributed by atoms with E-state index in [0.717, 1.165) is 23.1 Å². The molecule has 0 N–H and O–H groups in total. The van der Waals surface area contributed by atoms with Gasteiger partial charge in [-0.3, -0.25) is 0 Å². The number of thioether (sulfide) groups is 1. The summed E-state index contributed by atoms with van der Waals surface area (Å²) in [6.07, 6.45) is 2.64. The number of carbonyl (C=O) groups is 1. The predicted molar refractivity (Wildman–Crippen MR) is 118 cm³/mol. The first-order valence-corrected chi connectivity index (χ1v) is 10.8. The highest BCUT2D eigenvalue weighted by molar-refractivity contribution is 7.99. The van der Waals surface area contributed by atoms with Gasteiger partial charge in [0.2, 0.25) is 0 Å². The molecule has 1 heterocycles. The molecule has 0 radical (unpaired) electrons. The first kappa shape index (κ1) is 20.1. The van der Waals surface area contributed by atoms with Gasteiger partial charge in [0.1, 0.15) is 17.9 Å². The van der Waals surface area contributed by atoms with E-state index < -0.39 is 12.6 Å². The number of carboxylic acids is 1. The molecular weight excluding hydrogens is 396 g/mol. The van der Waals surface area contributed by atoms with E-state index in [1.165, 1.54) is 11.1 Å². The Labute approximate surface area is 179 Å². The average Bonchev–Trinajstić information content (AvgIpc) is 3.19. The van der Waals surface area contributed by atoms with E-state index in [0.29, 0.717) is 11.3 Å². The molecule has 0 saturated heterocycles. The number of hydrogen-bond acceptors (Lipinski definition) is 5. The van der Waals surface area contributed by atoms with Gasteiger partial charge in [-0.25, -0.2) is 0 Å². The minimum Gasteiger partial charge on any atom is -0.546 e. The lowest BCUT2D eigenvalue weighted by molar-refractivity contribution is -0.307. The van der Waals surface area contributed by atoms with Crippen molar-refractivity contribution in [3.05, 3.63) is 102 Å². The zero-order valence-electron chi connectivity index (χ0n) is 16.3. The number of hydrogen-bond donors (Lipinski definition) is 0. The lowest BCUT2D eigenvalue weighted by Gasteiger charge is -2.17. The number of aliphatic carboxylic acids is 1. The van der Waals surface area contributed by atoms with E-state index in [2.05, 4.69) is 48.5 Å². The van der Waals surface area contributed by atoms with Gasteiger partial charge in [-0.05, 0) is 41.0 Å². The summed E-state index contributed by atoms with van der Waals surface area (Å²) in [7, 11) is 0. The predicted octanol–water partition coefficient (Wildman–Crippen LogP) is 4.63. The summed E-state index contributed by atoms with van der Waals surface area (Å²) in [5.74, 6) is 0.139. The minimum atomic E-state index is -1.25. The number of ether oxygens (including phenoxy) is 1. The van der Waals surface area contributed by atoms with Crippen LogP contribution in [-0.4, -0.2) is 18.3 Å². The van der Waals surface area contributed by atoms with Crippen molar-refractivity contribution in [3.63, 3.8) is 0 Å². The van der Waals surface area contributed by atoms with Crippen LogP contribution in [0.3, 0.4) is 0 Å². The molecule has 0 fully saturated rings. The van der Waals surface area contributed by atoms with Gasteiger partial charge in [0.05, 0.1) is 17.5 Å². The summed E-state index contributed by atoms with van der Waals surface area (Å²) in [4.78, 5) is 10.6. The molecule has 152 valence electrons. The van der Waals surface area contributed by atoms with Gasteiger partial charge in [0, 0.05) is 11.5 Å². The summed E-state index contributed by atoms with van der Waals surface area (Å²) in [6, 6.07) is 26.5. The second-order valence-corrected chi connectivity index (χ2v) is 8.11. The third-order valence-electron chi connectivity index (χ3n) is 4.84. The maximum atomic E-state index is 10.6. The van der Waals surface area contributed by atoms with Crippen LogP contribution >= 0.6 is 11.8 Å². The van der Waals surface area contributed by atoms with Crippen LogP contribution in [0.1, 0.15) is 21.9 Å². The SMILES string of the molecule is O=C([O-])COc1ccc2c(CCSC(c3ccccc3)c3ccccc3)coc2c1. The van der Waals surface area contributed by atoms with Crippen LogP contribution in [0.15, 0.2) is 89.5 Å². The highest BCUT2D eigenvalue weighted by atomic mass is 32.2. The van der Waals surface area contributed by atoms with E-state index in [1.54, 1.807) is 18.4 Å². The van der Waals surface area contributed by atoms with Crippen molar-refractivity contribution in [2.24, 2.45) is 0 Å². The molecule has 0 aliphatic carbocycles. The zero-order chi connectivity index (χ0) is 20.8. The van der Waals surface area contributed by atoms with Crippen LogP contribution in [0.25, 0.3) is 11.0 Å². The summed E-state index contributed by atoms with van der Waals surface area (Å²) in [5.41, 5.74) is 4.40. The Morgan fingerprint density at radius 3 is 2.27 bits per heavy atom. The van der Waals surface area contributed by atoms with Crippen LogP contribution in [0.4, 0.5) is 0 Å². The largest absolute Gasteiger partial charge is 0.546 e. The Kier molecular flexibility index (Phi) is 6.40. The molecule has 0 saturated carbocycles. The third-order valence-corrected chi connectivity index (χ3v) is 6.16. The number of furan rings is 1. The lowest BCUT2D eigenvalue weighted by Crippen LogP contribution is -2.28. The smallest absolute Gasteiger partial charge is 0.137 e. The highest BCUT2D eigenvalue weighted by Gasteiger charge is 2.15. The van der Waals surface area contributed by atoms with Crippen LogP contribution in [0.5, 0.6) is 5.75 Å². The molecule has 0 atom stereocenters. The first-order chi connectivity index (χ1) is 14.7. The molecule has 4 rings (SSSR count). The molecule has 3 aromatic carbocycles. The Hall–Kier alpha value is -3.18. The summed E-state index contributed by atoms with van der Waals surface area (Å²) in [5, 5.41) is 11.9. The Balaban J connectivity index is 1.45. The maximum absolute atomic E-state index is 10.6. The molecule has 4 aromatic rings. The number of fused-ring (bicyclic) bond motifs is 1. The Morgan fingerprint density at radius 1 is 0.967 bits per heavy atom. The van der Waals surface area contributed by atoms with E-state index in [4.69, 9.17) is 9.15 Å². The van der Waals surface area contributed by atoms with Crippen molar-refractivity contribution < 1.29 is 19.1 Å². The van der Waals surface area contributed by atoms with Crippen molar-refractivity contribution >= 4 is 28.7 Å². The van der Waals surface area contributed by atoms with Crippen molar-refractivity contribution in [2.45, 2.75) is 11.7 Å². The second kappa shape index (κ2) is 9.55. The second-order valence-electron chi connectivity index (χ2n) is 6.90. The molecule has 1 aromatic heterocycles. The molecule has 0 aliphatic heterocycles. The fourth-order valence-electron chi connectivity index (χ4n) is 3.42. The zero-order valence-corrected chi connectivity index (χ0v) is 17.1. The molecule has 0 aliphatic rings. The normalized spacial score (nSPS) is 11.1. The number of carboxylic acid groups (broad SMARTS) is 1. The number of rotatable bonds is 9. The number of benzene rings is 3. The summed E-state index contributed by atoms with van der Waals surface area (Å²) in [6.45, 7) is -0.476. The number of aryl methyl sites for hydroxylation is 1. The molecule has 30 heavy (non-hydrogen) atoms. The lowest BCUT2D eigenvalue weighted by atomic mass is 10.0. The van der Waals surface area contributed by atoms with E-state index >= 15 is 0 Å². The third kappa shape index (κ3) is 4.86. The Bertz CT molecular complexity index is 1070. The van der Waals surface area contributed by atoms with E-state index in [-0.39, 0.29) is 5.25 Å². The molecule has 0 bridgehead atoms. The molecule has 0 unspecified atom stereocenters. The Morgan fingerprint density at radius 2 is 1.63 bits per heavy atom. The average molecular weight is 418 g/mol. The van der Waals surface area contributed by atoms with E-state index in [9.17, 15) is 9.90 Å². The quantitative estimate of drug-likeness (QED) is 0.397. The van der Waals surface area contributed by atoms with Crippen molar-refractivity contribution in [1.82, 2.24) is 0 Å². The maximum Gasteiger partial charge on any atom is 0.137 e. The molecular formula is C25H21O4S-. The summed E-state index contributed by atoms with van der Waals surface area (Å²) < 4.78 is 10.8. The van der Waals surface area contributed by atoms with Crippen LogP contribution < -0.4 is 9.84 Å². The van der Waals surface area contributed by atoms with Crippen LogP contribution in [-0.2, 0) is 11.2 Å². The minimum absolute atomic E-state index is 0.273. The topological polar surface area (TPSA) is 62.5 Å². The fraction of sp³-hybridized carbons (Fsp3) is 0.160. The van der Waals surface area contributed by atoms with Crippen molar-refractivity contribution in [3.8, 4) is 5.75 Å². The van der Waals surface area contributed by atoms with Gasteiger partial charge in [-0.2, -0.15) is 0 Å². The van der Waals surface area contributed by atoms with Gasteiger partial charge in [-0.15, -0.1) is 11.8 Å². The first-order valence-electron chi connectivity index (χ1n) is 9.75. The van der Waals surface area contributed by atoms with Crippen molar-refractivity contribution in [1.29, 1.82) is 0 Å². The number of carbonyl (C=O) groups excluding carboxylic acids is 1. The van der Waals surface area contributed by atoms with Crippen molar-refractivity contribution in [2.75, 3.05) is 12.4 Å². The van der Waals surface area contributed by atoms with Gasteiger partial charge in [0.25, 0.3) is 0 Å². The van der Waals surface area contributed by atoms with Crippen LogP contribution in [0, 0.1) is 0 Å². The standard InChI is InChI=1S/C25H22O4S/c26-24(27)17-28-21-11-12-22-20(16-29-23(22)15-21)13-14-30-25(18-7-3-1-4-8-18)19-9-5-2-6-10-19/h1-12,15-16,25H,13-14,17H2,(H,26,27)/p-1. The van der Waals surface area contributed by atoms with E-state index in [1.807, 2.05) is 30.0 Å². The monoisotopic (exact) mass is 417 g/mol. The van der Waals surface area contributed by atoms with Gasteiger partial charge < -0.3 is 19.1 Å². The highest BCUT2D eigenvalue weighted by Crippen LogP contribution is 2.36. The van der Waals surface area contributed by atoms with Crippen LogP contribution in [0.2, 0.25) is 0 Å². The fourth-order valence-corrected chi connectivity index (χ4v) is 4.69. The molecule has 5 heteroatoms. The van der Waals surface area contributed by atoms with Gasteiger partial charge in [-0.1, -0.05) is 60.7 Å². The van der Waals surface area contributed by atoms with Gasteiger partial charge in [0.15, 0.2) is 0 Å².